The molecular formula is C20H21N3O6. The number of hydrogen-bond donors (Lipinski definition) is 1. The third-order valence-electron chi connectivity index (χ3n) is 4.90. The number of rotatable bonds is 5. The number of hydrogen-bond acceptors (Lipinski definition) is 7. The zero-order valence-electron chi connectivity index (χ0n) is 15.7. The lowest BCUT2D eigenvalue weighted by atomic mass is 9.96. The quantitative estimate of drug-likeness (QED) is 0.470. The van der Waals surface area contributed by atoms with Crippen molar-refractivity contribution in [2.45, 2.75) is 36.9 Å². The Morgan fingerprint density at radius 3 is 2.48 bits per heavy atom. The molecule has 29 heavy (non-hydrogen) atoms. The van der Waals surface area contributed by atoms with Crippen molar-refractivity contribution in [3.05, 3.63) is 70.6 Å². The third-order valence-corrected chi connectivity index (χ3v) is 4.90. The van der Waals surface area contributed by atoms with Crippen LogP contribution in [0.15, 0.2) is 59.7 Å². The van der Waals surface area contributed by atoms with Gasteiger partial charge in [-0.15, -0.1) is 0 Å². The Bertz CT molecular complexity index is 858. The van der Waals surface area contributed by atoms with E-state index in [2.05, 4.69) is 10.0 Å². The van der Waals surface area contributed by atoms with Crippen LogP contribution in [0.2, 0.25) is 0 Å². The van der Waals surface area contributed by atoms with Gasteiger partial charge in [0.2, 0.25) is 6.29 Å². The molecule has 9 heteroatoms. The fourth-order valence-electron chi connectivity index (χ4n) is 3.43. The van der Waals surface area contributed by atoms with E-state index in [1.807, 2.05) is 30.3 Å². The second kappa shape index (κ2) is 8.69. The number of azide groups is 1. The van der Waals surface area contributed by atoms with Gasteiger partial charge in [0.25, 0.3) is 0 Å². The summed E-state index contributed by atoms with van der Waals surface area (Å²) in [4.78, 5) is 2.84. The van der Waals surface area contributed by atoms with Crippen molar-refractivity contribution in [1.29, 1.82) is 0 Å². The van der Waals surface area contributed by atoms with E-state index in [0.717, 1.165) is 5.56 Å². The molecule has 152 valence electrons. The molecule has 2 aromatic carbocycles. The lowest BCUT2D eigenvalue weighted by molar-refractivity contribution is -0.331. The average molecular weight is 399 g/mol. The van der Waals surface area contributed by atoms with Crippen molar-refractivity contribution in [3.63, 3.8) is 0 Å². The molecular weight excluding hydrogens is 378 g/mol. The molecule has 2 aromatic rings. The van der Waals surface area contributed by atoms with Gasteiger partial charge in [0, 0.05) is 10.5 Å². The fourth-order valence-corrected chi connectivity index (χ4v) is 3.43. The van der Waals surface area contributed by atoms with Gasteiger partial charge in [-0.3, -0.25) is 0 Å². The van der Waals surface area contributed by atoms with E-state index >= 15 is 0 Å². The summed E-state index contributed by atoms with van der Waals surface area (Å²) in [5, 5.41) is 14.6. The highest BCUT2D eigenvalue weighted by Crippen LogP contribution is 2.35. The normalized spacial score (nSPS) is 31.2. The number of ether oxygens (including phenoxy) is 5. The van der Waals surface area contributed by atoms with E-state index in [1.54, 1.807) is 31.4 Å². The third kappa shape index (κ3) is 4.14. The van der Waals surface area contributed by atoms with Crippen molar-refractivity contribution in [2.24, 2.45) is 5.11 Å². The van der Waals surface area contributed by atoms with Crippen LogP contribution < -0.4 is 9.47 Å². The van der Waals surface area contributed by atoms with Crippen LogP contribution in [0, 0.1) is 0 Å². The Hall–Kier alpha value is -2.81. The first kappa shape index (κ1) is 19.5. The molecule has 4 rings (SSSR count). The van der Waals surface area contributed by atoms with Gasteiger partial charge in [-0.1, -0.05) is 35.4 Å². The van der Waals surface area contributed by atoms with Crippen molar-refractivity contribution in [1.82, 2.24) is 0 Å². The fraction of sp³-hybridized carbons (Fsp3) is 0.400. The molecule has 1 unspecified atom stereocenters. The zero-order chi connectivity index (χ0) is 20.2. The molecule has 2 fully saturated rings. The van der Waals surface area contributed by atoms with E-state index in [1.165, 1.54) is 0 Å². The number of fused-ring (bicyclic) bond motifs is 1. The summed E-state index contributed by atoms with van der Waals surface area (Å²) in [5.41, 5.74) is 9.80. The summed E-state index contributed by atoms with van der Waals surface area (Å²) in [5.74, 6) is 1.16. The molecule has 2 aliphatic heterocycles. The number of methoxy groups -OCH3 is 1. The monoisotopic (exact) mass is 399 g/mol. The number of aliphatic hydroxyl groups excluding tert-OH is 1. The zero-order valence-corrected chi connectivity index (χ0v) is 15.7. The standard InChI is InChI=1S/C20H21N3O6/c1-25-13-7-9-14(10-8-13)27-20-16(22-23-21)17(24)18-15(28-20)11-26-19(29-18)12-5-3-2-4-6-12/h2-10,15-20,24H,11H2,1H3/t15-,16-,17-,18+,19?,20+/m1/s1. The first-order valence-corrected chi connectivity index (χ1v) is 9.20. The minimum Gasteiger partial charge on any atom is -0.497 e. The van der Waals surface area contributed by atoms with Crippen molar-refractivity contribution in [3.8, 4) is 11.5 Å². The maximum Gasteiger partial charge on any atom is 0.211 e. The summed E-state index contributed by atoms with van der Waals surface area (Å²) in [6.45, 7) is 0.201. The molecule has 0 radical (unpaired) electrons. The molecule has 1 N–H and O–H groups in total. The number of benzene rings is 2. The Labute approximate surface area is 167 Å². The van der Waals surface area contributed by atoms with Crippen LogP contribution in [-0.2, 0) is 14.2 Å². The molecule has 2 saturated heterocycles. The van der Waals surface area contributed by atoms with E-state index in [0.29, 0.717) is 11.5 Å². The highest BCUT2D eigenvalue weighted by atomic mass is 16.7. The highest BCUT2D eigenvalue weighted by Gasteiger charge is 2.50. The Kier molecular flexibility index (Phi) is 5.84. The highest BCUT2D eigenvalue weighted by molar-refractivity contribution is 5.31. The molecule has 2 aliphatic rings. The molecule has 0 amide bonds. The maximum atomic E-state index is 10.9. The van der Waals surface area contributed by atoms with Crippen LogP contribution in [-0.4, -0.2) is 49.5 Å². The van der Waals surface area contributed by atoms with E-state index in [9.17, 15) is 5.11 Å². The summed E-state index contributed by atoms with van der Waals surface area (Å²) in [6, 6.07) is 15.3. The molecule has 6 atom stereocenters. The first-order valence-electron chi connectivity index (χ1n) is 9.20. The lowest BCUT2D eigenvalue weighted by Crippen LogP contribution is -2.62. The minimum atomic E-state index is -1.12. The SMILES string of the molecule is COc1ccc(O[C@H]2O[C@@H]3COC(c4ccccc4)O[C@@H]3[C@H](O)[C@H]2N=[N+]=[N-])cc1. The van der Waals surface area contributed by atoms with E-state index in [-0.39, 0.29) is 6.61 Å². The summed E-state index contributed by atoms with van der Waals surface area (Å²) < 4.78 is 28.6. The molecule has 0 saturated carbocycles. The largest absolute Gasteiger partial charge is 0.497 e. The van der Waals surface area contributed by atoms with Crippen LogP contribution in [0.25, 0.3) is 10.4 Å². The van der Waals surface area contributed by atoms with Crippen molar-refractivity contribution in [2.75, 3.05) is 13.7 Å². The minimum absolute atomic E-state index is 0.201. The predicted octanol–water partition coefficient (Wildman–Crippen LogP) is 2.95. The van der Waals surface area contributed by atoms with E-state index < -0.39 is 36.9 Å². The number of aliphatic hydroxyl groups is 1. The van der Waals surface area contributed by atoms with Gasteiger partial charge in [-0.25, -0.2) is 0 Å². The maximum absolute atomic E-state index is 10.9. The molecule has 0 spiro atoms. The molecule has 9 nitrogen and oxygen atoms in total. The van der Waals surface area contributed by atoms with Gasteiger partial charge in [0.15, 0.2) is 6.29 Å². The van der Waals surface area contributed by atoms with Crippen LogP contribution in [0.4, 0.5) is 0 Å². The van der Waals surface area contributed by atoms with Crippen molar-refractivity contribution >= 4 is 0 Å². The molecule has 0 aromatic heterocycles. The van der Waals surface area contributed by atoms with Crippen LogP contribution >= 0.6 is 0 Å². The summed E-state index contributed by atoms with van der Waals surface area (Å²) >= 11 is 0. The van der Waals surface area contributed by atoms with Gasteiger partial charge in [0.1, 0.15) is 29.7 Å². The second-order valence-corrected chi connectivity index (χ2v) is 6.70. The van der Waals surface area contributed by atoms with E-state index in [4.69, 9.17) is 29.2 Å². The van der Waals surface area contributed by atoms with Gasteiger partial charge in [-0.05, 0) is 29.8 Å². The molecule has 2 heterocycles. The predicted molar refractivity (Wildman–Crippen MR) is 101 cm³/mol. The summed E-state index contributed by atoms with van der Waals surface area (Å²) in [7, 11) is 1.57. The molecule has 0 bridgehead atoms. The smallest absolute Gasteiger partial charge is 0.211 e. The first-order chi connectivity index (χ1) is 14.2. The number of nitrogens with zero attached hydrogens (tertiary/aromatic N) is 3. The Morgan fingerprint density at radius 2 is 1.79 bits per heavy atom. The lowest BCUT2D eigenvalue weighted by Gasteiger charge is -2.46. The average Bonchev–Trinajstić information content (AvgIpc) is 2.77. The Balaban J connectivity index is 1.51. The van der Waals surface area contributed by atoms with Gasteiger partial charge < -0.3 is 28.8 Å². The van der Waals surface area contributed by atoms with Crippen LogP contribution in [0.1, 0.15) is 11.9 Å². The van der Waals surface area contributed by atoms with Gasteiger partial charge >= 0.3 is 0 Å². The van der Waals surface area contributed by atoms with Crippen LogP contribution in [0.3, 0.4) is 0 Å². The topological polar surface area (TPSA) is 115 Å². The van der Waals surface area contributed by atoms with Gasteiger partial charge in [-0.2, -0.15) is 0 Å². The van der Waals surface area contributed by atoms with Gasteiger partial charge in [0.05, 0.1) is 19.8 Å². The van der Waals surface area contributed by atoms with Crippen molar-refractivity contribution < 1.29 is 28.8 Å². The Morgan fingerprint density at radius 1 is 1.07 bits per heavy atom. The van der Waals surface area contributed by atoms with Crippen LogP contribution in [0.5, 0.6) is 11.5 Å². The summed E-state index contributed by atoms with van der Waals surface area (Å²) in [6.07, 6.45) is -4.04. The second-order valence-electron chi connectivity index (χ2n) is 6.70. The molecule has 0 aliphatic carbocycles.